The molecule has 2 aromatic heterocycles. The molecule has 4 heterocycles. The summed E-state index contributed by atoms with van der Waals surface area (Å²) in [5.41, 5.74) is 1.67. The fourth-order valence-electron chi connectivity index (χ4n) is 4.19. The van der Waals surface area contributed by atoms with E-state index in [1.165, 1.54) is 6.33 Å². The van der Waals surface area contributed by atoms with Crippen molar-refractivity contribution in [3.63, 3.8) is 0 Å². The second-order valence-corrected chi connectivity index (χ2v) is 15.9. The number of hydrogen-bond donors (Lipinski definition) is 2. The third kappa shape index (κ3) is 4.64. The van der Waals surface area contributed by atoms with Gasteiger partial charge >= 0.3 is 8.25 Å². The van der Waals surface area contributed by atoms with Crippen molar-refractivity contribution in [2.24, 2.45) is 0 Å². The van der Waals surface area contributed by atoms with E-state index in [0.717, 1.165) is 23.8 Å². The fraction of sp³-hybridized carbons (Fsp3) is 0.714. The molecule has 1 fully saturated rings. The third-order valence-electron chi connectivity index (χ3n) is 7.00. The Hall–Kier alpha value is -1.33. The summed E-state index contributed by atoms with van der Waals surface area (Å²) in [6.45, 7) is 12.2. The minimum absolute atomic E-state index is 0.0417. The van der Waals surface area contributed by atoms with Crippen LogP contribution < -0.4 is 4.74 Å². The average Bonchev–Trinajstić information content (AvgIpc) is 3.18. The van der Waals surface area contributed by atoms with Gasteiger partial charge in [0.1, 0.15) is 30.3 Å². The molecule has 0 saturated carbocycles. The molecule has 0 spiro atoms. The Labute approximate surface area is 195 Å². The van der Waals surface area contributed by atoms with Gasteiger partial charge in [-0.15, -0.1) is 0 Å². The molecule has 1 unspecified atom stereocenters. The van der Waals surface area contributed by atoms with Gasteiger partial charge in [0, 0.05) is 6.20 Å². The van der Waals surface area contributed by atoms with E-state index >= 15 is 0 Å². The molecule has 12 heteroatoms. The van der Waals surface area contributed by atoms with E-state index in [9.17, 15) is 14.6 Å². The lowest BCUT2D eigenvalue weighted by Gasteiger charge is -2.40. The predicted molar refractivity (Wildman–Crippen MR) is 125 cm³/mol. The molecule has 2 aromatic rings. The summed E-state index contributed by atoms with van der Waals surface area (Å²) in [6.07, 6.45) is 1.94. The first-order valence-corrected chi connectivity index (χ1v) is 15.4. The number of aliphatic hydroxyl groups is 1. The summed E-state index contributed by atoms with van der Waals surface area (Å²) in [6, 6.07) is 0. The molecule has 1 saturated heterocycles. The van der Waals surface area contributed by atoms with Gasteiger partial charge in [0.25, 0.3) is 0 Å². The first kappa shape index (κ1) is 24.8. The van der Waals surface area contributed by atoms with Gasteiger partial charge in [-0.3, -0.25) is 4.57 Å². The Bertz CT molecular complexity index is 1040. The Morgan fingerprint density at radius 3 is 2.67 bits per heavy atom. The minimum Gasteiger partial charge on any atom is -0.474 e. The van der Waals surface area contributed by atoms with Crippen LogP contribution in [0.5, 0.6) is 5.88 Å². The van der Waals surface area contributed by atoms with Crippen LogP contribution in [0.1, 0.15) is 45.9 Å². The molecule has 184 valence electrons. The number of aliphatic hydroxyl groups excluding tert-OH is 1. The van der Waals surface area contributed by atoms with E-state index in [-0.39, 0.29) is 17.7 Å². The van der Waals surface area contributed by atoms with Gasteiger partial charge in [-0.05, 0) is 43.5 Å². The predicted octanol–water partition coefficient (Wildman–Crippen LogP) is 3.19. The van der Waals surface area contributed by atoms with Crippen LogP contribution in [0.3, 0.4) is 0 Å². The molecule has 2 N–H and O–H groups in total. The van der Waals surface area contributed by atoms with Crippen LogP contribution in [-0.4, -0.2) is 63.9 Å². The summed E-state index contributed by atoms with van der Waals surface area (Å²) in [5.74, 6) is 0.533. The number of ether oxygens (including phenoxy) is 2. The smallest absolute Gasteiger partial charge is 0.317 e. The van der Waals surface area contributed by atoms with Crippen LogP contribution in [-0.2, 0) is 24.7 Å². The Balaban J connectivity index is 1.82. The molecule has 33 heavy (non-hydrogen) atoms. The second kappa shape index (κ2) is 9.03. The first-order valence-electron chi connectivity index (χ1n) is 11.3. The average molecular weight is 500 g/mol. The number of aromatic nitrogens is 3. The van der Waals surface area contributed by atoms with Crippen LogP contribution in [0.2, 0.25) is 18.1 Å². The van der Waals surface area contributed by atoms with Gasteiger partial charge < -0.3 is 33.0 Å². The van der Waals surface area contributed by atoms with Crippen molar-refractivity contribution >= 4 is 27.6 Å². The highest BCUT2D eigenvalue weighted by molar-refractivity contribution is 7.32. The number of hydrogen-bond acceptors (Lipinski definition) is 8. The van der Waals surface area contributed by atoms with Gasteiger partial charge in [-0.1, -0.05) is 20.8 Å². The minimum atomic E-state index is -3.30. The quantitative estimate of drug-likeness (QED) is 0.455. The molecule has 4 rings (SSSR count). The lowest BCUT2D eigenvalue weighted by molar-refractivity contribution is -0.0485. The van der Waals surface area contributed by atoms with Crippen molar-refractivity contribution in [2.45, 2.75) is 89.3 Å². The fourth-order valence-corrected chi connectivity index (χ4v) is 6.00. The van der Waals surface area contributed by atoms with Gasteiger partial charge in [0.05, 0.1) is 18.1 Å². The van der Waals surface area contributed by atoms with Crippen LogP contribution in [0, 0.1) is 0 Å². The zero-order chi connectivity index (χ0) is 24.1. The molecule has 6 atom stereocenters. The molecule has 0 bridgehead atoms. The highest BCUT2D eigenvalue weighted by atomic mass is 31.1. The Morgan fingerprint density at radius 2 is 2.03 bits per heavy atom. The monoisotopic (exact) mass is 499 g/mol. The lowest BCUT2D eigenvalue weighted by atomic mass is 10.1. The van der Waals surface area contributed by atoms with E-state index < -0.39 is 41.1 Å². The number of rotatable bonds is 6. The molecule has 0 aromatic carbocycles. The highest BCUT2D eigenvalue weighted by Crippen LogP contribution is 2.45. The largest absolute Gasteiger partial charge is 0.474 e. The van der Waals surface area contributed by atoms with E-state index in [1.807, 2.05) is 17.7 Å². The summed E-state index contributed by atoms with van der Waals surface area (Å²) in [4.78, 5) is 18.4. The Kier molecular flexibility index (Phi) is 6.78. The van der Waals surface area contributed by atoms with Gasteiger partial charge in [-0.2, -0.15) is 0 Å². The molecule has 0 amide bonds. The topological polar surface area (TPSA) is 125 Å². The Morgan fingerprint density at radius 1 is 1.30 bits per heavy atom. The maximum absolute atomic E-state index is 11.7. The lowest BCUT2D eigenvalue weighted by Crippen LogP contribution is -2.49. The van der Waals surface area contributed by atoms with Gasteiger partial charge in [0.15, 0.2) is 14.5 Å². The maximum atomic E-state index is 11.7. The summed E-state index contributed by atoms with van der Waals surface area (Å²) in [7, 11) is -5.65. The first-order chi connectivity index (χ1) is 15.4. The third-order valence-corrected chi connectivity index (χ3v) is 11.9. The normalized spacial score (nSPS) is 29.2. The van der Waals surface area contributed by atoms with Crippen molar-refractivity contribution in [1.82, 2.24) is 14.5 Å². The second-order valence-electron chi connectivity index (χ2n) is 10.3. The van der Waals surface area contributed by atoms with Crippen LogP contribution in [0.15, 0.2) is 12.5 Å². The van der Waals surface area contributed by atoms with E-state index in [2.05, 4.69) is 43.8 Å². The standard InChI is InChI=1S/C21H34N3O7PSi/c1-12-7-8-13-9-24(18-15(13)19(28-12)23-11-22-18)20-17(31-33(5,6)21(2,3)4)16(30-32(26)27)14(10-25)29-20/h9,11-12,14,16-17,20,25,32H,7-8,10H2,1-6H3,(H,26,27)/t12-,14+,16+,17+,20+/m0/s1. The van der Waals surface area contributed by atoms with Crippen molar-refractivity contribution in [2.75, 3.05) is 6.61 Å². The zero-order valence-corrected chi connectivity index (χ0v) is 21.9. The van der Waals surface area contributed by atoms with Crippen molar-refractivity contribution in [3.8, 4) is 5.88 Å². The van der Waals surface area contributed by atoms with Crippen LogP contribution >= 0.6 is 8.25 Å². The molecule has 0 radical (unpaired) electrons. The van der Waals surface area contributed by atoms with E-state index in [4.69, 9.17) is 18.4 Å². The van der Waals surface area contributed by atoms with Crippen LogP contribution in [0.25, 0.3) is 11.0 Å². The van der Waals surface area contributed by atoms with E-state index in [1.54, 1.807) is 0 Å². The summed E-state index contributed by atoms with van der Waals surface area (Å²) < 4.78 is 37.9. The molecule has 2 aliphatic rings. The SMILES string of the molecule is C[C@H]1CCc2cn([C@@H]3O[C@H](CO)[C@@H](O[PH](=O)O)[C@H]3O[Si](C)(C)C(C)(C)C)c3ncnc(c23)O1. The molecular formula is C21H34N3O7PSi. The van der Waals surface area contributed by atoms with E-state index in [0.29, 0.717) is 11.5 Å². The number of aryl methyl sites for hydroxylation is 1. The zero-order valence-electron chi connectivity index (χ0n) is 19.9. The van der Waals surface area contributed by atoms with Crippen molar-refractivity contribution in [1.29, 1.82) is 0 Å². The van der Waals surface area contributed by atoms with Crippen LogP contribution in [0.4, 0.5) is 0 Å². The van der Waals surface area contributed by atoms with Crippen molar-refractivity contribution < 1.29 is 33.0 Å². The maximum Gasteiger partial charge on any atom is 0.317 e. The number of nitrogens with zero attached hydrogens (tertiary/aromatic N) is 3. The summed E-state index contributed by atoms with van der Waals surface area (Å²) >= 11 is 0. The van der Waals surface area contributed by atoms with Gasteiger partial charge in [-0.25, -0.2) is 9.97 Å². The summed E-state index contributed by atoms with van der Waals surface area (Å²) in [5, 5.41) is 10.7. The molecule has 2 aliphatic heterocycles. The molecular weight excluding hydrogens is 465 g/mol. The van der Waals surface area contributed by atoms with Gasteiger partial charge in [0.2, 0.25) is 5.88 Å². The highest BCUT2D eigenvalue weighted by Gasteiger charge is 2.52. The molecule has 0 aliphatic carbocycles. The van der Waals surface area contributed by atoms with Crippen molar-refractivity contribution in [3.05, 3.63) is 18.1 Å². The molecule has 10 nitrogen and oxygen atoms in total.